The first-order valence-corrected chi connectivity index (χ1v) is 13.4. The van der Waals surface area contributed by atoms with Crippen LogP contribution in [0.5, 0.6) is 0 Å². The predicted octanol–water partition coefficient (Wildman–Crippen LogP) is 3.82. The van der Waals surface area contributed by atoms with Crippen LogP contribution >= 0.6 is 0 Å². The zero-order chi connectivity index (χ0) is 26.8. The molecule has 36 heavy (non-hydrogen) atoms. The SMILES string of the molecule is CC(=O)N(CCc1ccccc1)[C@]1(C(=O)NC(C)(C)C)CNC[C@@H]1CCCB1OC(C)(C)C(C)(C)O1. The van der Waals surface area contributed by atoms with E-state index < -0.39 is 11.1 Å². The molecular formula is C28H46BN3O4. The monoisotopic (exact) mass is 499 g/mol. The van der Waals surface area contributed by atoms with Gasteiger partial charge in [0.05, 0.1) is 11.2 Å². The second-order valence-corrected chi connectivity index (χ2v) is 12.5. The second-order valence-electron chi connectivity index (χ2n) is 12.5. The van der Waals surface area contributed by atoms with Gasteiger partial charge in [-0.15, -0.1) is 0 Å². The third-order valence-electron chi connectivity index (χ3n) is 7.97. The molecule has 0 bridgehead atoms. The van der Waals surface area contributed by atoms with Gasteiger partial charge in [-0.1, -0.05) is 36.8 Å². The third kappa shape index (κ3) is 6.32. The van der Waals surface area contributed by atoms with Gasteiger partial charge in [0.1, 0.15) is 5.54 Å². The summed E-state index contributed by atoms with van der Waals surface area (Å²) >= 11 is 0. The van der Waals surface area contributed by atoms with Gasteiger partial charge in [0, 0.05) is 38.0 Å². The van der Waals surface area contributed by atoms with Gasteiger partial charge >= 0.3 is 7.12 Å². The minimum Gasteiger partial charge on any atom is -0.403 e. The van der Waals surface area contributed by atoms with Gasteiger partial charge in [-0.05, 0) is 73.2 Å². The molecule has 200 valence electrons. The molecule has 3 rings (SSSR count). The molecule has 0 saturated carbocycles. The van der Waals surface area contributed by atoms with Crippen LogP contribution in [-0.4, -0.2) is 65.7 Å². The first-order valence-electron chi connectivity index (χ1n) is 13.4. The molecule has 0 spiro atoms. The van der Waals surface area contributed by atoms with Gasteiger partial charge in [-0.2, -0.15) is 0 Å². The molecule has 2 fully saturated rings. The number of rotatable bonds is 9. The molecule has 2 amide bonds. The Kier molecular flexibility index (Phi) is 8.63. The van der Waals surface area contributed by atoms with E-state index in [4.69, 9.17) is 9.31 Å². The number of hydrogen-bond donors (Lipinski definition) is 2. The van der Waals surface area contributed by atoms with Crippen molar-refractivity contribution < 1.29 is 18.9 Å². The van der Waals surface area contributed by atoms with Crippen LogP contribution in [0.25, 0.3) is 0 Å². The van der Waals surface area contributed by atoms with Crippen LogP contribution in [0.15, 0.2) is 30.3 Å². The molecular weight excluding hydrogens is 453 g/mol. The fourth-order valence-corrected chi connectivity index (χ4v) is 5.38. The number of nitrogens with one attached hydrogen (secondary N) is 2. The Labute approximate surface area is 218 Å². The molecule has 2 atom stereocenters. The Morgan fingerprint density at radius 3 is 2.28 bits per heavy atom. The smallest absolute Gasteiger partial charge is 0.403 e. The minimum atomic E-state index is -0.941. The summed E-state index contributed by atoms with van der Waals surface area (Å²) in [4.78, 5) is 28.8. The van der Waals surface area contributed by atoms with Crippen LogP contribution in [0.1, 0.15) is 73.8 Å². The maximum Gasteiger partial charge on any atom is 0.457 e. The van der Waals surface area contributed by atoms with E-state index >= 15 is 0 Å². The quantitative estimate of drug-likeness (QED) is 0.505. The van der Waals surface area contributed by atoms with E-state index in [1.54, 1.807) is 6.92 Å². The van der Waals surface area contributed by atoms with E-state index in [1.807, 2.05) is 43.9 Å². The molecule has 0 unspecified atom stereocenters. The number of carbonyl (C=O) groups is 2. The van der Waals surface area contributed by atoms with Crippen molar-refractivity contribution in [1.29, 1.82) is 0 Å². The average Bonchev–Trinajstić information content (AvgIpc) is 3.25. The highest BCUT2D eigenvalue weighted by atomic mass is 16.7. The van der Waals surface area contributed by atoms with Crippen molar-refractivity contribution in [1.82, 2.24) is 15.5 Å². The Balaban J connectivity index is 1.79. The average molecular weight is 500 g/mol. The van der Waals surface area contributed by atoms with Gasteiger partial charge in [-0.3, -0.25) is 9.59 Å². The minimum absolute atomic E-state index is 0.0121. The van der Waals surface area contributed by atoms with E-state index in [1.165, 1.54) is 0 Å². The summed E-state index contributed by atoms with van der Waals surface area (Å²) in [5.41, 5.74) is -0.901. The Bertz CT molecular complexity index is 899. The van der Waals surface area contributed by atoms with E-state index in [2.05, 4.69) is 50.5 Å². The number of benzene rings is 1. The molecule has 0 aliphatic carbocycles. The molecule has 2 saturated heterocycles. The third-order valence-corrected chi connectivity index (χ3v) is 7.97. The fraction of sp³-hybridized carbons (Fsp3) is 0.714. The second kappa shape index (κ2) is 10.8. The molecule has 2 N–H and O–H groups in total. The lowest BCUT2D eigenvalue weighted by Gasteiger charge is -2.44. The Hall–Kier alpha value is -1.90. The van der Waals surface area contributed by atoms with Gasteiger partial charge in [0.2, 0.25) is 11.8 Å². The van der Waals surface area contributed by atoms with Crippen LogP contribution in [0.4, 0.5) is 0 Å². The number of amides is 2. The zero-order valence-corrected chi connectivity index (χ0v) is 23.6. The standard InChI is InChI=1S/C28H46BN3O4/c1-21(33)32(18-16-22-13-10-9-11-14-22)28(24(34)31-25(2,3)4)20-30-19-23(28)15-12-17-29-35-26(5,6)27(7,8)36-29/h9-11,13-14,23,30H,12,15-20H2,1-8H3,(H,31,34)/t23-,28+/m0/s1. The highest BCUT2D eigenvalue weighted by Crippen LogP contribution is 2.39. The van der Waals surface area contributed by atoms with E-state index in [-0.39, 0.29) is 36.1 Å². The maximum atomic E-state index is 13.9. The lowest BCUT2D eigenvalue weighted by Crippen LogP contribution is -2.67. The molecule has 1 aromatic rings. The molecule has 0 radical (unpaired) electrons. The summed E-state index contributed by atoms with van der Waals surface area (Å²) in [5, 5.41) is 6.65. The maximum absolute atomic E-state index is 13.9. The summed E-state index contributed by atoms with van der Waals surface area (Å²) in [6.45, 7) is 17.4. The number of carbonyl (C=O) groups excluding carboxylic acids is 2. The van der Waals surface area contributed by atoms with Crippen molar-refractivity contribution in [3.8, 4) is 0 Å². The first-order chi connectivity index (χ1) is 16.7. The van der Waals surface area contributed by atoms with Gasteiger partial charge in [0.25, 0.3) is 0 Å². The molecule has 1 aromatic carbocycles. The van der Waals surface area contributed by atoms with Crippen LogP contribution in [0, 0.1) is 5.92 Å². The Morgan fingerprint density at radius 2 is 1.72 bits per heavy atom. The molecule has 8 heteroatoms. The van der Waals surface area contributed by atoms with Crippen LogP contribution in [0.3, 0.4) is 0 Å². The normalized spacial score (nSPS) is 25.1. The molecule has 2 heterocycles. The van der Waals surface area contributed by atoms with Crippen LogP contribution in [-0.2, 0) is 25.3 Å². The van der Waals surface area contributed by atoms with Crippen molar-refractivity contribution in [3.05, 3.63) is 35.9 Å². The summed E-state index contributed by atoms with van der Waals surface area (Å²) < 4.78 is 12.4. The molecule has 7 nitrogen and oxygen atoms in total. The number of nitrogens with zero attached hydrogens (tertiary/aromatic N) is 1. The summed E-state index contributed by atoms with van der Waals surface area (Å²) in [6, 6.07) is 10.1. The lowest BCUT2D eigenvalue weighted by molar-refractivity contribution is -0.149. The first kappa shape index (κ1) is 28.7. The largest absolute Gasteiger partial charge is 0.457 e. The molecule has 2 aliphatic rings. The van der Waals surface area contributed by atoms with Crippen molar-refractivity contribution in [2.24, 2.45) is 5.92 Å². The highest BCUT2D eigenvalue weighted by Gasteiger charge is 2.55. The molecule has 0 aromatic heterocycles. The van der Waals surface area contributed by atoms with Gasteiger partial charge < -0.3 is 24.8 Å². The van der Waals surface area contributed by atoms with Crippen molar-refractivity contribution in [3.63, 3.8) is 0 Å². The fourth-order valence-electron chi connectivity index (χ4n) is 5.38. The Morgan fingerprint density at radius 1 is 1.11 bits per heavy atom. The predicted molar refractivity (Wildman–Crippen MR) is 145 cm³/mol. The number of hydrogen-bond acceptors (Lipinski definition) is 5. The van der Waals surface area contributed by atoms with Gasteiger partial charge in [-0.25, -0.2) is 0 Å². The van der Waals surface area contributed by atoms with E-state index in [0.29, 0.717) is 26.1 Å². The van der Waals surface area contributed by atoms with Gasteiger partial charge in [0.15, 0.2) is 0 Å². The lowest BCUT2D eigenvalue weighted by atomic mass is 9.76. The topological polar surface area (TPSA) is 79.9 Å². The van der Waals surface area contributed by atoms with E-state index in [9.17, 15) is 9.59 Å². The summed E-state index contributed by atoms with van der Waals surface area (Å²) in [5.74, 6) is -0.166. The summed E-state index contributed by atoms with van der Waals surface area (Å²) in [7, 11) is -0.260. The van der Waals surface area contributed by atoms with Crippen molar-refractivity contribution >= 4 is 18.9 Å². The van der Waals surface area contributed by atoms with Crippen molar-refractivity contribution in [2.45, 2.75) is 103 Å². The van der Waals surface area contributed by atoms with E-state index in [0.717, 1.165) is 24.7 Å². The van der Waals surface area contributed by atoms with Crippen LogP contribution in [0.2, 0.25) is 6.32 Å². The summed E-state index contributed by atoms with van der Waals surface area (Å²) in [6.07, 6.45) is 3.10. The highest BCUT2D eigenvalue weighted by molar-refractivity contribution is 6.45. The molecule has 2 aliphatic heterocycles. The van der Waals surface area contributed by atoms with Crippen LogP contribution < -0.4 is 10.6 Å². The zero-order valence-electron chi connectivity index (χ0n) is 23.6. The van der Waals surface area contributed by atoms with Crippen molar-refractivity contribution in [2.75, 3.05) is 19.6 Å².